The minimum Gasteiger partial charge on any atom is -0.340 e. The van der Waals surface area contributed by atoms with Crippen LogP contribution >= 0.6 is 0 Å². The second-order valence-electron chi connectivity index (χ2n) is 2.60. The topological polar surface area (TPSA) is 17.1 Å². The van der Waals surface area contributed by atoms with Crippen LogP contribution in [0.4, 0.5) is 0 Å². The molecule has 0 N–H and O–H groups in total. The number of carbonyl (C=O) groups is 1. The lowest BCUT2D eigenvalue weighted by atomic mass is 10.0. The fraction of sp³-hybridized carbons (Fsp3) is 0.750. The maximum Gasteiger partial charge on any atom is 0.130 e. The summed E-state index contributed by atoms with van der Waals surface area (Å²) in [5, 5.41) is 0. The number of ketones is 1. The number of rotatable bonds is 4. The van der Waals surface area contributed by atoms with Crippen molar-refractivity contribution in [2.24, 2.45) is 5.92 Å². The largest absolute Gasteiger partial charge is 0.340 e. The molecule has 0 bridgehead atoms. The van der Waals surface area contributed by atoms with Gasteiger partial charge in [-0.1, -0.05) is 13.8 Å². The monoisotopic (exact) mass is 127 g/mol. The predicted octanol–water partition coefficient (Wildman–Crippen LogP) is 2.22. The third-order valence-corrected chi connectivity index (χ3v) is 1.10. The molecule has 0 heterocycles. The van der Waals surface area contributed by atoms with Crippen LogP contribution in [-0.4, -0.2) is 5.78 Å². The maximum absolute atomic E-state index is 10.8. The lowest BCUT2D eigenvalue weighted by molar-refractivity contribution is -0.119. The minimum absolute atomic E-state index is 0.282. The van der Waals surface area contributed by atoms with Gasteiger partial charge in [-0.15, -0.1) is 0 Å². The molecule has 0 aliphatic rings. The molecule has 0 fully saturated rings. The van der Waals surface area contributed by atoms with Crippen LogP contribution in [0.1, 0.15) is 33.1 Å². The highest BCUT2D eigenvalue weighted by molar-refractivity contribution is 5.78. The summed E-state index contributed by atoms with van der Waals surface area (Å²) < 4.78 is 0. The zero-order valence-corrected chi connectivity index (χ0v) is 6.31. The molecule has 0 saturated heterocycles. The number of carbonyl (C=O) groups excluding carboxylic acids is 1. The van der Waals surface area contributed by atoms with Crippen molar-refractivity contribution in [3.8, 4) is 0 Å². The molecule has 54 valence electrons. The van der Waals surface area contributed by atoms with Crippen LogP contribution in [0.5, 0.6) is 0 Å². The summed E-state index contributed by atoms with van der Waals surface area (Å²) in [5.41, 5.74) is 0. The molecular formula is C8H15O-. The van der Waals surface area contributed by atoms with E-state index in [4.69, 9.17) is 0 Å². The summed E-state index contributed by atoms with van der Waals surface area (Å²) in [4.78, 5) is 10.8. The molecular weight excluding hydrogens is 112 g/mol. The molecule has 0 saturated carbocycles. The Bertz CT molecular complexity index is 84.6. The molecule has 0 radical (unpaired) electrons. The molecule has 0 aromatic rings. The second kappa shape index (κ2) is 4.54. The average Bonchev–Trinajstić information content (AvgIpc) is 1.63. The Morgan fingerprint density at radius 2 is 2.22 bits per heavy atom. The summed E-state index contributed by atoms with van der Waals surface area (Å²) in [5.74, 6) is 0.629. The summed E-state index contributed by atoms with van der Waals surface area (Å²) in [6.07, 6.45) is 2.33. The molecule has 0 aromatic heterocycles. The third-order valence-electron chi connectivity index (χ3n) is 1.10. The molecule has 1 unspecified atom stereocenters. The van der Waals surface area contributed by atoms with Gasteiger partial charge < -0.3 is 6.92 Å². The Kier molecular flexibility index (Phi) is 4.37. The molecule has 0 spiro atoms. The Morgan fingerprint density at radius 3 is 2.56 bits per heavy atom. The van der Waals surface area contributed by atoms with E-state index in [0.29, 0.717) is 12.2 Å². The van der Waals surface area contributed by atoms with Crippen molar-refractivity contribution in [2.75, 3.05) is 0 Å². The molecule has 0 aliphatic heterocycles. The Balaban J connectivity index is 3.27. The van der Waals surface area contributed by atoms with Gasteiger partial charge in [0.2, 0.25) is 0 Å². The Morgan fingerprint density at radius 1 is 1.67 bits per heavy atom. The van der Waals surface area contributed by atoms with Gasteiger partial charge in [0.05, 0.1) is 0 Å². The lowest BCUT2D eigenvalue weighted by Crippen LogP contribution is -2.01. The van der Waals surface area contributed by atoms with Crippen molar-refractivity contribution in [2.45, 2.75) is 33.1 Å². The smallest absolute Gasteiger partial charge is 0.130 e. The average molecular weight is 127 g/mol. The van der Waals surface area contributed by atoms with Gasteiger partial charge in [0.15, 0.2) is 0 Å². The van der Waals surface area contributed by atoms with Gasteiger partial charge in [-0.2, -0.15) is 5.92 Å². The van der Waals surface area contributed by atoms with Gasteiger partial charge in [0.1, 0.15) is 5.78 Å². The fourth-order valence-corrected chi connectivity index (χ4v) is 0.770. The van der Waals surface area contributed by atoms with Crippen molar-refractivity contribution in [1.29, 1.82) is 0 Å². The van der Waals surface area contributed by atoms with Gasteiger partial charge >= 0.3 is 0 Å². The van der Waals surface area contributed by atoms with E-state index in [9.17, 15) is 4.79 Å². The predicted molar refractivity (Wildman–Crippen MR) is 39.1 cm³/mol. The van der Waals surface area contributed by atoms with E-state index in [0.717, 1.165) is 12.8 Å². The quantitative estimate of drug-likeness (QED) is 0.529. The molecule has 1 atom stereocenters. The zero-order valence-electron chi connectivity index (χ0n) is 6.31. The van der Waals surface area contributed by atoms with E-state index >= 15 is 0 Å². The number of Topliss-reactive ketones (excluding diaryl/α,β-unsaturated/α-hetero) is 1. The van der Waals surface area contributed by atoms with Crippen LogP contribution in [0.15, 0.2) is 0 Å². The van der Waals surface area contributed by atoms with Crippen molar-refractivity contribution in [1.82, 2.24) is 0 Å². The highest BCUT2D eigenvalue weighted by Crippen LogP contribution is 2.02. The van der Waals surface area contributed by atoms with Crippen LogP contribution in [0.3, 0.4) is 0 Å². The van der Waals surface area contributed by atoms with Gasteiger partial charge in [-0.25, -0.2) is 0 Å². The van der Waals surface area contributed by atoms with Crippen molar-refractivity contribution >= 4 is 5.78 Å². The Hall–Kier alpha value is -0.330. The first-order valence-corrected chi connectivity index (χ1v) is 3.51. The normalized spacial score (nSPS) is 13.2. The van der Waals surface area contributed by atoms with Gasteiger partial charge in [0.25, 0.3) is 0 Å². The van der Waals surface area contributed by atoms with Crippen molar-refractivity contribution in [3.63, 3.8) is 0 Å². The summed E-state index contributed by atoms with van der Waals surface area (Å²) in [6, 6.07) is 0. The van der Waals surface area contributed by atoms with Crippen LogP contribution in [0.25, 0.3) is 0 Å². The molecule has 1 heteroatoms. The SMILES string of the molecule is [CH2-]C(C)CC(=O)CCC. The van der Waals surface area contributed by atoms with E-state index in [1.54, 1.807) is 0 Å². The van der Waals surface area contributed by atoms with Gasteiger partial charge in [-0.3, -0.25) is 4.79 Å². The highest BCUT2D eigenvalue weighted by atomic mass is 16.1. The van der Waals surface area contributed by atoms with E-state index in [1.807, 2.05) is 13.8 Å². The highest BCUT2D eigenvalue weighted by Gasteiger charge is 1.97. The molecule has 0 aromatic carbocycles. The van der Waals surface area contributed by atoms with Crippen LogP contribution in [0.2, 0.25) is 0 Å². The zero-order chi connectivity index (χ0) is 7.28. The first-order valence-electron chi connectivity index (χ1n) is 3.51. The molecule has 0 aliphatic carbocycles. The van der Waals surface area contributed by atoms with Crippen molar-refractivity contribution in [3.05, 3.63) is 6.92 Å². The standard InChI is InChI=1S/C8H15O/c1-4-5-8(9)6-7(2)3/h7H,2,4-6H2,1,3H3/q-1. The van der Waals surface area contributed by atoms with Gasteiger partial charge in [-0.05, 0) is 12.8 Å². The third kappa shape index (κ3) is 5.54. The van der Waals surface area contributed by atoms with E-state index in [-0.39, 0.29) is 5.92 Å². The first kappa shape index (κ1) is 8.67. The van der Waals surface area contributed by atoms with E-state index in [2.05, 4.69) is 6.92 Å². The molecule has 0 amide bonds. The minimum atomic E-state index is 0.282. The van der Waals surface area contributed by atoms with E-state index < -0.39 is 0 Å². The van der Waals surface area contributed by atoms with Crippen LogP contribution in [0, 0.1) is 12.8 Å². The maximum atomic E-state index is 10.8. The second-order valence-corrected chi connectivity index (χ2v) is 2.60. The Labute approximate surface area is 57.5 Å². The molecule has 1 nitrogen and oxygen atoms in total. The van der Waals surface area contributed by atoms with Crippen molar-refractivity contribution < 1.29 is 4.79 Å². The van der Waals surface area contributed by atoms with Crippen LogP contribution in [-0.2, 0) is 4.79 Å². The molecule has 9 heavy (non-hydrogen) atoms. The number of hydrogen-bond acceptors (Lipinski definition) is 1. The molecule has 0 rings (SSSR count). The number of hydrogen-bond donors (Lipinski definition) is 0. The van der Waals surface area contributed by atoms with Gasteiger partial charge in [0, 0.05) is 6.42 Å². The van der Waals surface area contributed by atoms with E-state index in [1.165, 1.54) is 0 Å². The summed E-state index contributed by atoms with van der Waals surface area (Å²) in [7, 11) is 0. The summed E-state index contributed by atoms with van der Waals surface area (Å²) >= 11 is 0. The fourth-order valence-electron chi connectivity index (χ4n) is 0.770. The summed E-state index contributed by atoms with van der Waals surface area (Å²) in [6.45, 7) is 7.73. The first-order chi connectivity index (χ1) is 4.16. The van der Waals surface area contributed by atoms with Crippen LogP contribution < -0.4 is 0 Å². The lowest BCUT2D eigenvalue weighted by Gasteiger charge is -2.07.